The van der Waals surface area contributed by atoms with Gasteiger partial charge in [-0.2, -0.15) is 9.41 Å². The van der Waals surface area contributed by atoms with Crippen LogP contribution in [0.5, 0.6) is 0 Å². The Morgan fingerprint density at radius 3 is 2.38 bits per heavy atom. The first-order valence-electron chi connectivity index (χ1n) is 8.08. The van der Waals surface area contributed by atoms with Crippen molar-refractivity contribution in [3.8, 4) is 0 Å². The maximum Gasteiger partial charge on any atom is 0.271 e. The molecule has 2 aromatic rings. The number of hydrazone groups is 1. The molecule has 1 fully saturated rings. The number of rotatable bonds is 5. The molecule has 9 heteroatoms. The van der Waals surface area contributed by atoms with E-state index in [1.54, 1.807) is 13.0 Å². The molecule has 0 atom stereocenters. The van der Waals surface area contributed by atoms with Gasteiger partial charge < -0.3 is 0 Å². The minimum absolute atomic E-state index is 0.198. The number of thiophene rings is 1. The van der Waals surface area contributed by atoms with Crippen molar-refractivity contribution in [2.24, 2.45) is 5.10 Å². The summed E-state index contributed by atoms with van der Waals surface area (Å²) in [6.45, 7) is 2.87. The van der Waals surface area contributed by atoms with Gasteiger partial charge in [0.15, 0.2) is 0 Å². The van der Waals surface area contributed by atoms with E-state index in [9.17, 15) is 13.2 Å². The maximum atomic E-state index is 12.5. The van der Waals surface area contributed by atoms with Gasteiger partial charge >= 0.3 is 0 Å². The van der Waals surface area contributed by atoms with Crippen molar-refractivity contribution in [3.05, 3.63) is 51.2 Å². The topological polar surface area (TPSA) is 78.8 Å². The molecule has 1 N–H and O–H groups in total. The van der Waals surface area contributed by atoms with Crippen LogP contribution in [0.3, 0.4) is 0 Å². The maximum absolute atomic E-state index is 12.5. The molecule has 0 bridgehead atoms. The second-order valence-electron chi connectivity index (χ2n) is 5.88. The SMILES string of the molecule is C/C(=N/NC(=O)c1ccc(S(=O)(=O)N2CCCC2)cc1)c1ccc(Cl)s1. The molecule has 0 saturated carbocycles. The van der Waals surface area contributed by atoms with E-state index >= 15 is 0 Å². The largest absolute Gasteiger partial charge is 0.271 e. The Morgan fingerprint density at radius 2 is 1.81 bits per heavy atom. The van der Waals surface area contributed by atoms with Crippen molar-refractivity contribution in [2.45, 2.75) is 24.7 Å². The highest BCUT2D eigenvalue weighted by molar-refractivity contribution is 7.89. The second kappa shape index (κ2) is 7.87. The molecule has 0 aliphatic carbocycles. The first-order chi connectivity index (χ1) is 12.4. The summed E-state index contributed by atoms with van der Waals surface area (Å²) in [5, 5.41) is 4.06. The van der Waals surface area contributed by atoms with Gasteiger partial charge in [0.2, 0.25) is 10.0 Å². The molecular formula is C17H18ClN3O3S2. The van der Waals surface area contributed by atoms with Crippen LogP contribution in [-0.2, 0) is 10.0 Å². The molecule has 138 valence electrons. The summed E-state index contributed by atoms with van der Waals surface area (Å²) < 4.78 is 27.1. The fraction of sp³-hybridized carbons (Fsp3) is 0.294. The molecule has 6 nitrogen and oxygen atoms in total. The van der Waals surface area contributed by atoms with Gasteiger partial charge in [0.25, 0.3) is 5.91 Å². The van der Waals surface area contributed by atoms with Crippen LogP contribution in [0.1, 0.15) is 35.0 Å². The molecule has 1 amide bonds. The van der Waals surface area contributed by atoms with Crippen molar-refractivity contribution in [1.82, 2.24) is 9.73 Å². The van der Waals surface area contributed by atoms with Crippen LogP contribution in [0.2, 0.25) is 4.34 Å². The Hall–Kier alpha value is -1.74. The van der Waals surface area contributed by atoms with Gasteiger partial charge in [-0.05, 0) is 56.2 Å². The Kier molecular flexibility index (Phi) is 5.76. The van der Waals surface area contributed by atoms with Crippen molar-refractivity contribution < 1.29 is 13.2 Å². The molecule has 26 heavy (non-hydrogen) atoms. The summed E-state index contributed by atoms with van der Waals surface area (Å²) >= 11 is 7.26. The zero-order valence-electron chi connectivity index (χ0n) is 14.1. The van der Waals surface area contributed by atoms with E-state index in [4.69, 9.17) is 11.6 Å². The zero-order valence-corrected chi connectivity index (χ0v) is 16.5. The number of carbonyl (C=O) groups excluding carboxylic acids is 1. The lowest BCUT2D eigenvalue weighted by atomic mass is 10.2. The normalized spacial score (nSPS) is 16.0. The summed E-state index contributed by atoms with van der Waals surface area (Å²) in [6, 6.07) is 9.49. The number of hydrogen-bond acceptors (Lipinski definition) is 5. The van der Waals surface area contributed by atoms with Crippen LogP contribution in [-0.4, -0.2) is 37.4 Å². The number of amides is 1. The lowest BCUT2D eigenvalue weighted by molar-refractivity contribution is 0.0954. The number of benzene rings is 1. The Bertz CT molecular complexity index is 930. The molecule has 1 aromatic carbocycles. The summed E-state index contributed by atoms with van der Waals surface area (Å²) in [5.74, 6) is -0.405. The standard InChI is InChI=1S/C17H18ClN3O3S2/c1-12(15-8-9-16(18)25-15)19-20-17(22)13-4-6-14(7-5-13)26(23,24)21-10-2-3-11-21/h4-9H,2-3,10-11H2,1H3,(H,20,22)/b19-12-. The van der Waals surface area contributed by atoms with Gasteiger partial charge in [-0.15, -0.1) is 11.3 Å². The molecule has 0 radical (unpaired) electrons. The molecule has 1 saturated heterocycles. The van der Waals surface area contributed by atoms with E-state index in [0.29, 0.717) is 28.7 Å². The first-order valence-corrected chi connectivity index (χ1v) is 10.7. The van der Waals surface area contributed by atoms with Crippen molar-refractivity contribution >= 4 is 44.6 Å². The van der Waals surface area contributed by atoms with E-state index in [1.807, 2.05) is 6.07 Å². The first kappa shape index (κ1) is 19.0. The zero-order chi connectivity index (χ0) is 18.7. The van der Waals surface area contributed by atoms with E-state index in [2.05, 4.69) is 10.5 Å². The van der Waals surface area contributed by atoms with Gasteiger partial charge in [-0.1, -0.05) is 11.6 Å². The van der Waals surface area contributed by atoms with Gasteiger partial charge in [0, 0.05) is 18.7 Å². The second-order valence-corrected chi connectivity index (χ2v) is 9.53. The fourth-order valence-electron chi connectivity index (χ4n) is 2.62. The highest BCUT2D eigenvalue weighted by Gasteiger charge is 2.27. The van der Waals surface area contributed by atoms with Crippen molar-refractivity contribution in [2.75, 3.05) is 13.1 Å². The van der Waals surface area contributed by atoms with Crippen LogP contribution >= 0.6 is 22.9 Å². The minimum atomic E-state index is -3.48. The van der Waals surface area contributed by atoms with Crippen molar-refractivity contribution in [3.63, 3.8) is 0 Å². The molecular weight excluding hydrogens is 394 g/mol. The molecule has 1 aromatic heterocycles. The van der Waals surface area contributed by atoms with E-state index in [1.165, 1.54) is 39.9 Å². The van der Waals surface area contributed by atoms with E-state index < -0.39 is 15.9 Å². The Morgan fingerprint density at radius 1 is 1.15 bits per heavy atom. The number of halogens is 1. The highest BCUT2D eigenvalue weighted by Crippen LogP contribution is 2.22. The smallest absolute Gasteiger partial charge is 0.267 e. The fourth-order valence-corrected chi connectivity index (χ4v) is 5.12. The van der Waals surface area contributed by atoms with Gasteiger partial charge in [0.05, 0.1) is 19.8 Å². The van der Waals surface area contributed by atoms with Crippen LogP contribution < -0.4 is 5.43 Å². The third-order valence-electron chi connectivity index (χ3n) is 4.07. The number of sulfonamides is 1. The summed E-state index contributed by atoms with van der Waals surface area (Å²) in [6.07, 6.45) is 1.76. The monoisotopic (exact) mass is 411 g/mol. The molecule has 0 unspecified atom stereocenters. The van der Waals surface area contributed by atoms with Crippen LogP contribution in [0.4, 0.5) is 0 Å². The average molecular weight is 412 g/mol. The van der Waals surface area contributed by atoms with Gasteiger partial charge in [0.1, 0.15) is 0 Å². The third-order valence-corrected chi connectivity index (χ3v) is 7.33. The quantitative estimate of drug-likeness (QED) is 0.605. The predicted molar refractivity (Wildman–Crippen MR) is 103 cm³/mol. The van der Waals surface area contributed by atoms with Gasteiger partial charge in [-0.25, -0.2) is 13.8 Å². The van der Waals surface area contributed by atoms with E-state index in [-0.39, 0.29) is 4.90 Å². The van der Waals surface area contributed by atoms with Crippen molar-refractivity contribution in [1.29, 1.82) is 0 Å². The number of carbonyl (C=O) groups is 1. The predicted octanol–water partition coefficient (Wildman–Crippen LogP) is 3.34. The molecule has 0 spiro atoms. The van der Waals surface area contributed by atoms with Gasteiger partial charge in [-0.3, -0.25) is 4.79 Å². The number of hydrogen-bond donors (Lipinski definition) is 1. The molecule has 1 aliphatic heterocycles. The Balaban J connectivity index is 1.69. The van der Waals surface area contributed by atoms with Crippen LogP contribution in [0, 0.1) is 0 Å². The molecule has 3 rings (SSSR count). The minimum Gasteiger partial charge on any atom is -0.267 e. The summed E-state index contributed by atoms with van der Waals surface area (Å²) in [4.78, 5) is 13.3. The molecule has 1 aliphatic rings. The van der Waals surface area contributed by atoms with E-state index in [0.717, 1.165) is 17.7 Å². The van der Waals surface area contributed by atoms with Crippen LogP contribution in [0.25, 0.3) is 0 Å². The lowest BCUT2D eigenvalue weighted by Gasteiger charge is -2.15. The number of nitrogens with one attached hydrogen (secondary N) is 1. The summed E-state index contributed by atoms with van der Waals surface area (Å²) in [5.41, 5.74) is 3.45. The summed E-state index contributed by atoms with van der Waals surface area (Å²) in [7, 11) is -3.48. The van der Waals surface area contributed by atoms with Crippen LogP contribution in [0.15, 0.2) is 46.4 Å². The molecule has 2 heterocycles. The highest BCUT2D eigenvalue weighted by atomic mass is 35.5. The Labute approximate surface area is 161 Å². The third kappa shape index (κ3) is 4.15. The lowest BCUT2D eigenvalue weighted by Crippen LogP contribution is -2.28. The average Bonchev–Trinajstić information content (AvgIpc) is 3.31. The number of nitrogens with zero attached hydrogens (tertiary/aromatic N) is 2.